The molecule has 0 aliphatic carbocycles. The third-order valence-electron chi connectivity index (χ3n) is 4.18. The lowest BCUT2D eigenvalue weighted by atomic mass is 10.2. The third kappa shape index (κ3) is 5.83. The fourth-order valence-electron chi connectivity index (χ4n) is 2.69. The number of aliphatic imine (C=N–C) groups is 1. The SMILES string of the molecule is CC(C)COC(=NCCN1CCOCC1)NC(=O)c1ccc2c(c1)OCO2. The van der Waals surface area contributed by atoms with Crippen LogP contribution in [0.15, 0.2) is 23.2 Å². The van der Waals surface area contributed by atoms with Crippen LogP contribution in [0, 0.1) is 5.92 Å². The van der Waals surface area contributed by atoms with E-state index in [-0.39, 0.29) is 18.7 Å². The Hall–Kier alpha value is -2.32. The molecular weight excluding hydrogens is 350 g/mol. The van der Waals surface area contributed by atoms with Crippen LogP contribution < -0.4 is 14.8 Å². The summed E-state index contributed by atoms with van der Waals surface area (Å²) in [4.78, 5) is 19.3. The standard InChI is InChI=1S/C19H27N3O5/c1-14(2)12-25-19(20-5-6-22-7-9-24-10-8-22)21-18(23)15-3-4-16-17(11-15)27-13-26-16/h3-4,11,14H,5-10,12-13H2,1-2H3,(H,20,21,23). The monoisotopic (exact) mass is 377 g/mol. The lowest BCUT2D eigenvalue weighted by Crippen LogP contribution is -2.38. The maximum absolute atomic E-state index is 12.6. The molecule has 1 fully saturated rings. The average molecular weight is 377 g/mol. The highest BCUT2D eigenvalue weighted by atomic mass is 16.7. The summed E-state index contributed by atoms with van der Waals surface area (Å²) in [6, 6.07) is 5.32. The summed E-state index contributed by atoms with van der Waals surface area (Å²) in [7, 11) is 0. The number of morpholine rings is 1. The summed E-state index contributed by atoms with van der Waals surface area (Å²) >= 11 is 0. The highest BCUT2D eigenvalue weighted by molar-refractivity contribution is 6.04. The quantitative estimate of drug-likeness (QED) is 0.598. The molecule has 1 amide bonds. The molecule has 2 aliphatic heterocycles. The number of fused-ring (bicyclic) bond motifs is 1. The number of hydrogen-bond acceptors (Lipinski definition) is 7. The van der Waals surface area contributed by atoms with Crippen LogP contribution in [-0.4, -0.2) is 69.6 Å². The molecule has 8 heteroatoms. The molecule has 0 unspecified atom stereocenters. The van der Waals surface area contributed by atoms with Gasteiger partial charge in [-0.15, -0.1) is 0 Å². The Morgan fingerprint density at radius 1 is 1.26 bits per heavy atom. The van der Waals surface area contributed by atoms with Crippen molar-refractivity contribution in [3.8, 4) is 11.5 Å². The number of carbonyl (C=O) groups is 1. The first-order valence-electron chi connectivity index (χ1n) is 9.30. The Morgan fingerprint density at radius 2 is 2.04 bits per heavy atom. The molecule has 0 bridgehead atoms. The number of rotatable bonds is 6. The molecule has 1 N–H and O–H groups in total. The predicted molar refractivity (Wildman–Crippen MR) is 100 cm³/mol. The van der Waals surface area contributed by atoms with Crippen molar-refractivity contribution in [3.63, 3.8) is 0 Å². The fourth-order valence-corrected chi connectivity index (χ4v) is 2.69. The highest BCUT2D eigenvalue weighted by Gasteiger charge is 2.18. The van der Waals surface area contributed by atoms with Gasteiger partial charge in [0.1, 0.15) is 0 Å². The van der Waals surface area contributed by atoms with E-state index >= 15 is 0 Å². The van der Waals surface area contributed by atoms with Gasteiger partial charge in [0.05, 0.1) is 26.4 Å². The largest absolute Gasteiger partial charge is 0.465 e. The Balaban J connectivity index is 1.59. The number of nitrogens with one attached hydrogen (secondary N) is 1. The molecule has 1 aromatic rings. The third-order valence-corrected chi connectivity index (χ3v) is 4.18. The Labute approximate surface area is 159 Å². The van der Waals surface area contributed by atoms with Gasteiger partial charge in [-0.05, 0) is 24.1 Å². The second-order valence-electron chi connectivity index (χ2n) is 6.87. The summed E-state index contributed by atoms with van der Waals surface area (Å²) in [5, 5.41) is 2.77. The fraction of sp³-hybridized carbons (Fsp3) is 0.579. The second kappa shape index (κ2) is 9.57. The van der Waals surface area contributed by atoms with Crippen LogP contribution in [0.1, 0.15) is 24.2 Å². The van der Waals surface area contributed by atoms with E-state index in [1.54, 1.807) is 18.2 Å². The minimum atomic E-state index is -0.290. The number of nitrogens with zero attached hydrogens (tertiary/aromatic N) is 2. The van der Waals surface area contributed by atoms with Gasteiger partial charge < -0.3 is 18.9 Å². The van der Waals surface area contributed by atoms with Crippen molar-refractivity contribution in [1.82, 2.24) is 10.2 Å². The summed E-state index contributed by atoms with van der Waals surface area (Å²) in [5.74, 6) is 1.25. The summed E-state index contributed by atoms with van der Waals surface area (Å²) in [5.41, 5.74) is 0.466. The number of amides is 1. The van der Waals surface area contributed by atoms with Crippen molar-refractivity contribution in [2.45, 2.75) is 13.8 Å². The molecule has 3 rings (SSSR count). The first-order valence-corrected chi connectivity index (χ1v) is 9.30. The second-order valence-corrected chi connectivity index (χ2v) is 6.87. The molecule has 0 aromatic heterocycles. The van der Waals surface area contributed by atoms with E-state index in [9.17, 15) is 4.79 Å². The van der Waals surface area contributed by atoms with E-state index in [0.29, 0.717) is 36.1 Å². The number of ether oxygens (including phenoxy) is 4. The van der Waals surface area contributed by atoms with Gasteiger partial charge in [0.15, 0.2) is 11.5 Å². The van der Waals surface area contributed by atoms with Crippen LogP contribution in [0.25, 0.3) is 0 Å². The molecule has 8 nitrogen and oxygen atoms in total. The zero-order valence-corrected chi connectivity index (χ0v) is 15.9. The maximum atomic E-state index is 12.6. The molecular formula is C19H27N3O5. The smallest absolute Gasteiger partial charge is 0.291 e. The zero-order chi connectivity index (χ0) is 19.1. The van der Waals surface area contributed by atoms with Crippen LogP contribution in [0.2, 0.25) is 0 Å². The zero-order valence-electron chi connectivity index (χ0n) is 15.9. The van der Waals surface area contributed by atoms with Crippen molar-refractivity contribution in [2.24, 2.45) is 10.9 Å². The van der Waals surface area contributed by atoms with Gasteiger partial charge in [-0.1, -0.05) is 13.8 Å². The molecule has 0 spiro atoms. The van der Waals surface area contributed by atoms with Gasteiger partial charge in [0.25, 0.3) is 11.9 Å². The number of carbonyl (C=O) groups excluding carboxylic acids is 1. The van der Waals surface area contributed by atoms with E-state index < -0.39 is 0 Å². The minimum absolute atomic E-state index is 0.173. The van der Waals surface area contributed by atoms with Gasteiger partial charge in [-0.2, -0.15) is 0 Å². The normalized spacial score (nSPS) is 17.2. The van der Waals surface area contributed by atoms with Gasteiger partial charge in [0.2, 0.25) is 6.79 Å². The van der Waals surface area contributed by atoms with Crippen molar-refractivity contribution >= 4 is 11.9 Å². The molecule has 2 heterocycles. The van der Waals surface area contributed by atoms with E-state index in [1.807, 2.05) is 13.8 Å². The molecule has 0 radical (unpaired) electrons. The molecule has 2 aliphatic rings. The number of hydrogen-bond donors (Lipinski definition) is 1. The molecule has 0 atom stereocenters. The Bertz CT molecular complexity index is 671. The lowest BCUT2D eigenvalue weighted by Gasteiger charge is -2.25. The summed E-state index contributed by atoms with van der Waals surface area (Å²) in [6.07, 6.45) is 0. The van der Waals surface area contributed by atoms with E-state index in [1.165, 1.54) is 0 Å². The topological polar surface area (TPSA) is 81.6 Å². The van der Waals surface area contributed by atoms with Crippen molar-refractivity contribution < 1.29 is 23.7 Å². The molecule has 148 valence electrons. The minimum Gasteiger partial charge on any atom is -0.465 e. The molecule has 27 heavy (non-hydrogen) atoms. The van der Waals surface area contributed by atoms with Crippen LogP contribution in [-0.2, 0) is 9.47 Å². The Morgan fingerprint density at radius 3 is 2.81 bits per heavy atom. The average Bonchev–Trinajstić information content (AvgIpc) is 3.14. The van der Waals surface area contributed by atoms with Crippen molar-refractivity contribution in [1.29, 1.82) is 0 Å². The van der Waals surface area contributed by atoms with Crippen molar-refractivity contribution in [3.05, 3.63) is 23.8 Å². The predicted octanol–water partition coefficient (Wildman–Crippen LogP) is 1.51. The first kappa shape index (κ1) is 19.4. The van der Waals surface area contributed by atoms with Gasteiger partial charge in [-0.25, -0.2) is 4.99 Å². The van der Waals surface area contributed by atoms with Gasteiger partial charge in [0, 0.05) is 25.2 Å². The Kier molecular flexibility index (Phi) is 6.89. The molecule has 1 aromatic carbocycles. The number of benzene rings is 1. The van der Waals surface area contributed by atoms with Gasteiger partial charge >= 0.3 is 0 Å². The van der Waals surface area contributed by atoms with Crippen LogP contribution >= 0.6 is 0 Å². The van der Waals surface area contributed by atoms with Crippen LogP contribution in [0.3, 0.4) is 0 Å². The lowest BCUT2D eigenvalue weighted by molar-refractivity contribution is 0.0394. The molecule has 1 saturated heterocycles. The number of amidine groups is 1. The highest BCUT2D eigenvalue weighted by Crippen LogP contribution is 2.32. The van der Waals surface area contributed by atoms with E-state index in [0.717, 1.165) is 32.8 Å². The van der Waals surface area contributed by atoms with Crippen molar-refractivity contribution in [2.75, 3.05) is 52.8 Å². The van der Waals surface area contributed by atoms with E-state index in [2.05, 4.69) is 15.2 Å². The summed E-state index contributed by atoms with van der Waals surface area (Å²) < 4.78 is 21.6. The van der Waals surface area contributed by atoms with Crippen LogP contribution in [0.4, 0.5) is 0 Å². The van der Waals surface area contributed by atoms with E-state index in [4.69, 9.17) is 18.9 Å². The van der Waals surface area contributed by atoms with Crippen LogP contribution in [0.5, 0.6) is 11.5 Å². The maximum Gasteiger partial charge on any atom is 0.291 e. The first-order chi connectivity index (χ1) is 13.1. The van der Waals surface area contributed by atoms with Gasteiger partial charge in [-0.3, -0.25) is 15.0 Å². The summed E-state index contributed by atoms with van der Waals surface area (Å²) in [6.45, 7) is 9.41. The molecule has 0 saturated carbocycles.